The second-order valence-corrected chi connectivity index (χ2v) is 5.69. The number of carbonyl (C=O) groups excluding carboxylic acids is 2. The number of aryl methyl sites for hydroxylation is 1. The van der Waals surface area contributed by atoms with E-state index >= 15 is 0 Å². The molecule has 0 aliphatic heterocycles. The number of ether oxygens (including phenoxy) is 2. The van der Waals surface area contributed by atoms with E-state index in [1.807, 2.05) is 19.1 Å². The van der Waals surface area contributed by atoms with Crippen molar-refractivity contribution in [1.82, 2.24) is 5.32 Å². The second-order valence-electron chi connectivity index (χ2n) is 5.69. The predicted molar refractivity (Wildman–Crippen MR) is 95.7 cm³/mol. The van der Waals surface area contributed by atoms with Gasteiger partial charge >= 0.3 is 5.97 Å². The van der Waals surface area contributed by atoms with Crippen molar-refractivity contribution < 1.29 is 19.1 Å². The molecular formula is C20H23NO4. The minimum atomic E-state index is -0.410. The topological polar surface area (TPSA) is 64.6 Å². The maximum absolute atomic E-state index is 12.0. The fourth-order valence-corrected chi connectivity index (χ4v) is 2.36. The Hall–Kier alpha value is -2.82. The first-order valence-electron chi connectivity index (χ1n) is 8.23. The summed E-state index contributed by atoms with van der Waals surface area (Å²) in [6, 6.07) is 14.5. The van der Waals surface area contributed by atoms with Crippen molar-refractivity contribution in [1.29, 1.82) is 0 Å². The van der Waals surface area contributed by atoms with Crippen LogP contribution in [0.3, 0.4) is 0 Å². The standard InChI is InChI=1S/C20H23NO4/c1-4-15-5-7-16(8-6-15)14(2)21-19(22)13-25-18-11-9-17(10-12-18)20(23)24-3/h5-12,14H,4,13H2,1-3H3,(H,21,22). The van der Waals surface area contributed by atoms with Gasteiger partial charge in [-0.25, -0.2) is 4.79 Å². The zero-order chi connectivity index (χ0) is 18.2. The quantitative estimate of drug-likeness (QED) is 0.785. The minimum Gasteiger partial charge on any atom is -0.484 e. The van der Waals surface area contributed by atoms with Crippen molar-refractivity contribution in [3.05, 3.63) is 65.2 Å². The van der Waals surface area contributed by atoms with Crippen molar-refractivity contribution in [2.45, 2.75) is 26.3 Å². The van der Waals surface area contributed by atoms with Crippen LogP contribution in [0.2, 0.25) is 0 Å². The van der Waals surface area contributed by atoms with E-state index in [-0.39, 0.29) is 18.6 Å². The number of nitrogens with one attached hydrogen (secondary N) is 1. The normalized spacial score (nSPS) is 11.5. The van der Waals surface area contributed by atoms with Crippen molar-refractivity contribution in [2.24, 2.45) is 0 Å². The first-order chi connectivity index (χ1) is 12.0. The summed E-state index contributed by atoms with van der Waals surface area (Å²) in [5.41, 5.74) is 2.75. The highest BCUT2D eigenvalue weighted by Gasteiger charge is 2.11. The van der Waals surface area contributed by atoms with Gasteiger partial charge in [-0.3, -0.25) is 4.79 Å². The molecule has 0 bridgehead atoms. The largest absolute Gasteiger partial charge is 0.484 e. The van der Waals surface area contributed by atoms with E-state index in [0.29, 0.717) is 11.3 Å². The van der Waals surface area contributed by atoms with Crippen molar-refractivity contribution in [2.75, 3.05) is 13.7 Å². The summed E-state index contributed by atoms with van der Waals surface area (Å²) in [6.45, 7) is 3.95. The highest BCUT2D eigenvalue weighted by molar-refractivity contribution is 5.89. The van der Waals surface area contributed by atoms with Crippen LogP contribution in [0.25, 0.3) is 0 Å². The van der Waals surface area contributed by atoms with Gasteiger partial charge in [-0.1, -0.05) is 31.2 Å². The van der Waals surface area contributed by atoms with E-state index in [4.69, 9.17) is 4.74 Å². The number of amides is 1. The maximum Gasteiger partial charge on any atom is 0.337 e. The molecule has 0 saturated heterocycles. The molecule has 0 aromatic heterocycles. The molecule has 0 aliphatic carbocycles. The Bertz CT molecular complexity index is 707. The number of carbonyl (C=O) groups is 2. The predicted octanol–water partition coefficient (Wildman–Crippen LogP) is 3.29. The summed E-state index contributed by atoms with van der Waals surface area (Å²) in [5, 5.41) is 2.90. The van der Waals surface area contributed by atoms with Crippen LogP contribution in [0.1, 0.15) is 41.4 Å². The van der Waals surface area contributed by atoms with E-state index in [2.05, 4.69) is 29.1 Å². The van der Waals surface area contributed by atoms with E-state index in [1.54, 1.807) is 24.3 Å². The fourth-order valence-electron chi connectivity index (χ4n) is 2.36. The first-order valence-corrected chi connectivity index (χ1v) is 8.23. The van der Waals surface area contributed by atoms with Gasteiger partial charge in [-0.15, -0.1) is 0 Å². The Morgan fingerprint density at radius 2 is 1.68 bits per heavy atom. The number of hydrogen-bond donors (Lipinski definition) is 1. The van der Waals surface area contributed by atoms with Crippen LogP contribution in [-0.2, 0) is 16.0 Å². The Balaban J connectivity index is 1.84. The number of methoxy groups -OCH3 is 1. The summed E-state index contributed by atoms with van der Waals surface area (Å²) in [7, 11) is 1.33. The Morgan fingerprint density at radius 3 is 2.24 bits per heavy atom. The van der Waals surface area contributed by atoms with Gasteiger partial charge in [-0.05, 0) is 48.7 Å². The molecule has 0 heterocycles. The lowest BCUT2D eigenvalue weighted by atomic mass is 10.1. The molecule has 0 radical (unpaired) electrons. The van der Waals surface area contributed by atoms with Gasteiger partial charge in [0, 0.05) is 0 Å². The monoisotopic (exact) mass is 341 g/mol. The van der Waals surface area contributed by atoms with Crippen LogP contribution in [0.15, 0.2) is 48.5 Å². The molecule has 0 spiro atoms. The smallest absolute Gasteiger partial charge is 0.337 e. The SMILES string of the molecule is CCc1ccc(C(C)NC(=O)COc2ccc(C(=O)OC)cc2)cc1. The molecule has 0 aliphatic rings. The minimum absolute atomic E-state index is 0.0883. The van der Waals surface area contributed by atoms with Crippen LogP contribution in [-0.4, -0.2) is 25.6 Å². The van der Waals surface area contributed by atoms with E-state index in [1.165, 1.54) is 12.7 Å². The molecule has 1 atom stereocenters. The van der Waals surface area contributed by atoms with E-state index < -0.39 is 5.97 Å². The van der Waals surface area contributed by atoms with Gasteiger partial charge in [0.15, 0.2) is 6.61 Å². The van der Waals surface area contributed by atoms with Gasteiger partial charge in [0.2, 0.25) is 0 Å². The number of esters is 1. The molecule has 2 aromatic rings. The summed E-state index contributed by atoms with van der Waals surface area (Å²) in [6.07, 6.45) is 0.990. The second kappa shape index (κ2) is 8.87. The van der Waals surface area contributed by atoms with Crippen LogP contribution < -0.4 is 10.1 Å². The molecule has 0 fully saturated rings. The summed E-state index contributed by atoms with van der Waals surface area (Å²) in [4.78, 5) is 23.4. The van der Waals surface area contributed by atoms with Crippen molar-refractivity contribution >= 4 is 11.9 Å². The molecule has 1 N–H and O–H groups in total. The average Bonchev–Trinajstić information content (AvgIpc) is 2.66. The number of rotatable bonds is 7. The third-order valence-corrected chi connectivity index (χ3v) is 3.91. The van der Waals surface area contributed by atoms with Crippen LogP contribution in [0.5, 0.6) is 5.75 Å². The van der Waals surface area contributed by atoms with Gasteiger partial charge in [-0.2, -0.15) is 0 Å². The van der Waals surface area contributed by atoms with E-state index in [9.17, 15) is 9.59 Å². The highest BCUT2D eigenvalue weighted by Crippen LogP contribution is 2.15. The molecular weight excluding hydrogens is 318 g/mol. The number of hydrogen-bond acceptors (Lipinski definition) is 4. The maximum atomic E-state index is 12.0. The Labute approximate surface area is 148 Å². The first kappa shape index (κ1) is 18.5. The average molecular weight is 341 g/mol. The molecule has 132 valence electrons. The highest BCUT2D eigenvalue weighted by atomic mass is 16.5. The van der Waals surface area contributed by atoms with Crippen molar-refractivity contribution in [3.63, 3.8) is 0 Å². The van der Waals surface area contributed by atoms with Crippen LogP contribution >= 0.6 is 0 Å². The summed E-state index contributed by atoms with van der Waals surface area (Å²) < 4.78 is 10.1. The van der Waals surface area contributed by atoms with Crippen molar-refractivity contribution in [3.8, 4) is 5.75 Å². The molecule has 1 amide bonds. The molecule has 2 rings (SSSR count). The Morgan fingerprint density at radius 1 is 1.04 bits per heavy atom. The Kier molecular flexibility index (Phi) is 6.57. The van der Waals surface area contributed by atoms with Gasteiger partial charge < -0.3 is 14.8 Å². The van der Waals surface area contributed by atoms with Gasteiger partial charge in [0.05, 0.1) is 18.7 Å². The third-order valence-electron chi connectivity index (χ3n) is 3.91. The summed E-state index contributed by atoms with van der Waals surface area (Å²) >= 11 is 0. The molecule has 2 aromatic carbocycles. The zero-order valence-corrected chi connectivity index (χ0v) is 14.7. The molecule has 25 heavy (non-hydrogen) atoms. The van der Waals surface area contributed by atoms with Gasteiger partial charge in [0.1, 0.15) is 5.75 Å². The molecule has 5 nitrogen and oxygen atoms in total. The van der Waals surface area contributed by atoms with Crippen LogP contribution in [0.4, 0.5) is 0 Å². The fraction of sp³-hybridized carbons (Fsp3) is 0.300. The number of benzene rings is 2. The van der Waals surface area contributed by atoms with Gasteiger partial charge in [0.25, 0.3) is 5.91 Å². The molecule has 1 unspecified atom stereocenters. The zero-order valence-electron chi connectivity index (χ0n) is 14.7. The lowest BCUT2D eigenvalue weighted by molar-refractivity contribution is -0.123. The summed E-state index contributed by atoms with van der Waals surface area (Å²) in [5.74, 6) is -0.0981. The van der Waals surface area contributed by atoms with E-state index in [0.717, 1.165) is 12.0 Å². The lowest BCUT2D eigenvalue weighted by Gasteiger charge is -2.15. The molecule has 0 saturated carbocycles. The lowest BCUT2D eigenvalue weighted by Crippen LogP contribution is -2.31. The third kappa shape index (κ3) is 5.35. The van der Waals surface area contributed by atoms with Crippen LogP contribution in [0, 0.1) is 0 Å². The molecule has 5 heteroatoms.